The highest BCUT2D eigenvalue weighted by atomic mass is 16.6. The van der Waals surface area contributed by atoms with Gasteiger partial charge in [0.15, 0.2) is 0 Å². The Labute approximate surface area is 123 Å². The number of anilines is 1. The van der Waals surface area contributed by atoms with Gasteiger partial charge in [0, 0.05) is 24.8 Å². The summed E-state index contributed by atoms with van der Waals surface area (Å²) in [5.74, 6) is 0.366. The number of aryl methyl sites for hydroxylation is 1. The van der Waals surface area contributed by atoms with Crippen LogP contribution in [0.4, 0.5) is 11.5 Å². The van der Waals surface area contributed by atoms with E-state index >= 15 is 0 Å². The summed E-state index contributed by atoms with van der Waals surface area (Å²) in [6.07, 6.45) is 4.68. The molecule has 0 saturated carbocycles. The maximum Gasteiger partial charge on any atom is 0.277 e. The van der Waals surface area contributed by atoms with Gasteiger partial charge in [-0.05, 0) is 33.1 Å². The Morgan fingerprint density at radius 2 is 2.10 bits per heavy atom. The molecular formula is C14H20N4O3. The summed E-state index contributed by atoms with van der Waals surface area (Å²) in [7, 11) is 0. The van der Waals surface area contributed by atoms with Crippen molar-refractivity contribution in [2.75, 3.05) is 18.4 Å². The fraction of sp³-hybridized carbons (Fsp3) is 0.571. The number of likely N-dealkylation sites (tertiary alicyclic amines) is 1. The van der Waals surface area contributed by atoms with Crippen molar-refractivity contribution in [3.8, 4) is 0 Å². The summed E-state index contributed by atoms with van der Waals surface area (Å²) in [5, 5.41) is 13.9. The molecule has 1 amide bonds. The fourth-order valence-corrected chi connectivity index (χ4v) is 2.46. The third kappa shape index (κ3) is 3.68. The first-order chi connectivity index (χ1) is 9.99. The van der Waals surface area contributed by atoms with Crippen molar-refractivity contribution >= 4 is 17.4 Å². The van der Waals surface area contributed by atoms with Gasteiger partial charge in [-0.3, -0.25) is 14.9 Å². The number of hydrogen-bond donors (Lipinski definition) is 1. The van der Waals surface area contributed by atoms with E-state index in [1.165, 1.54) is 12.3 Å². The van der Waals surface area contributed by atoms with Crippen molar-refractivity contribution < 1.29 is 9.72 Å². The van der Waals surface area contributed by atoms with Crippen LogP contribution in [0.25, 0.3) is 0 Å². The molecule has 1 N–H and O–H groups in total. The molecular weight excluding hydrogens is 272 g/mol. The number of aromatic nitrogens is 1. The van der Waals surface area contributed by atoms with Crippen molar-refractivity contribution in [3.05, 3.63) is 27.9 Å². The minimum Gasteiger partial charge on any atom is -0.358 e. The monoisotopic (exact) mass is 292 g/mol. The topological polar surface area (TPSA) is 88.4 Å². The van der Waals surface area contributed by atoms with Gasteiger partial charge in [-0.15, -0.1) is 0 Å². The molecule has 1 unspecified atom stereocenters. The SMILES string of the molecule is Cc1cnc(NC(C)C(=O)N2CCCCC2)cc1[N+](=O)[O-]. The molecule has 1 aliphatic rings. The Morgan fingerprint density at radius 3 is 2.71 bits per heavy atom. The quantitative estimate of drug-likeness (QED) is 0.678. The maximum absolute atomic E-state index is 12.3. The van der Waals surface area contributed by atoms with Crippen LogP contribution >= 0.6 is 0 Å². The lowest BCUT2D eigenvalue weighted by molar-refractivity contribution is -0.385. The van der Waals surface area contributed by atoms with Crippen LogP contribution in [0.3, 0.4) is 0 Å². The number of carbonyl (C=O) groups excluding carboxylic acids is 1. The number of nitrogens with one attached hydrogen (secondary N) is 1. The zero-order valence-corrected chi connectivity index (χ0v) is 12.3. The van der Waals surface area contributed by atoms with E-state index in [4.69, 9.17) is 0 Å². The third-order valence-corrected chi connectivity index (χ3v) is 3.67. The zero-order chi connectivity index (χ0) is 15.4. The first kappa shape index (κ1) is 15.2. The molecule has 1 aromatic rings. The Balaban J connectivity index is 2.05. The molecule has 2 heterocycles. The van der Waals surface area contributed by atoms with Gasteiger partial charge in [0.2, 0.25) is 5.91 Å². The van der Waals surface area contributed by atoms with Gasteiger partial charge in [-0.25, -0.2) is 4.98 Å². The van der Waals surface area contributed by atoms with E-state index in [0.717, 1.165) is 32.4 Å². The Bertz CT molecular complexity index is 541. The van der Waals surface area contributed by atoms with Gasteiger partial charge in [0.1, 0.15) is 11.9 Å². The summed E-state index contributed by atoms with van der Waals surface area (Å²) in [4.78, 5) is 28.7. The number of hydrogen-bond acceptors (Lipinski definition) is 5. The van der Waals surface area contributed by atoms with Crippen LogP contribution in [0.15, 0.2) is 12.3 Å². The zero-order valence-electron chi connectivity index (χ0n) is 12.3. The molecule has 7 heteroatoms. The standard InChI is InChI=1S/C14H20N4O3/c1-10-9-15-13(8-12(10)18(20)21)16-11(2)14(19)17-6-4-3-5-7-17/h8-9,11H,3-7H2,1-2H3,(H,15,16). The Hall–Kier alpha value is -2.18. The predicted molar refractivity (Wildman–Crippen MR) is 79.1 cm³/mol. The van der Waals surface area contributed by atoms with Crippen LogP contribution in [0.2, 0.25) is 0 Å². The van der Waals surface area contributed by atoms with Gasteiger partial charge in [0.25, 0.3) is 5.69 Å². The number of rotatable bonds is 4. The first-order valence-electron chi connectivity index (χ1n) is 7.15. The summed E-state index contributed by atoms with van der Waals surface area (Å²) >= 11 is 0. The van der Waals surface area contributed by atoms with Crippen LogP contribution in [0, 0.1) is 17.0 Å². The predicted octanol–water partition coefficient (Wildman–Crippen LogP) is 2.11. The number of nitrogens with zero attached hydrogens (tertiary/aromatic N) is 3. The minimum absolute atomic E-state index is 0.00474. The lowest BCUT2D eigenvalue weighted by Crippen LogP contribution is -2.44. The van der Waals surface area contributed by atoms with Gasteiger partial charge >= 0.3 is 0 Å². The highest BCUT2D eigenvalue weighted by Gasteiger charge is 2.23. The molecule has 21 heavy (non-hydrogen) atoms. The maximum atomic E-state index is 12.3. The van der Waals surface area contributed by atoms with Gasteiger partial charge < -0.3 is 10.2 Å². The molecule has 1 atom stereocenters. The number of carbonyl (C=O) groups is 1. The van der Waals surface area contributed by atoms with E-state index < -0.39 is 11.0 Å². The second-order valence-corrected chi connectivity index (χ2v) is 5.37. The minimum atomic E-state index is -0.446. The van der Waals surface area contributed by atoms with Crippen LogP contribution in [0.5, 0.6) is 0 Å². The molecule has 0 aliphatic carbocycles. The Kier molecular flexibility index (Phi) is 4.72. The molecule has 1 aromatic heterocycles. The number of nitro groups is 1. The first-order valence-corrected chi connectivity index (χ1v) is 7.15. The van der Waals surface area contributed by atoms with Crippen molar-refractivity contribution in [3.63, 3.8) is 0 Å². The van der Waals surface area contributed by atoms with E-state index in [-0.39, 0.29) is 11.6 Å². The smallest absolute Gasteiger partial charge is 0.277 e. The molecule has 0 radical (unpaired) electrons. The molecule has 0 aromatic carbocycles. The van der Waals surface area contributed by atoms with Crippen LogP contribution in [0.1, 0.15) is 31.7 Å². The second-order valence-electron chi connectivity index (χ2n) is 5.37. The third-order valence-electron chi connectivity index (χ3n) is 3.67. The van der Waals surface area contributed by atoms with Crippen molar-refractivity contribution in [2.45, 2.75) is 39.2 Å². The van der Waals surface area contributed by atoms with Crippen molar-refractivity contribution in [1.82, 2.24) is 9.88 Å². The molecule has 2 rings (SSSR count). The normalized spacial score (nSPS) is 16.4. The molecule has 1 fully saturated rings. The van der Waals surface area contributed by atoms with Gasteiger partial charge in [-0.2, -0.15) is 0 Å². The molecule has 1 aliphatic heterocycles. The average Bonchev–Trinajstić information content (AvgIpc) is 2.49. The van der Waals surface area contributed by atoms with Crippen molar-refractivity contribution in [2.24, 2.45) is 0 Å². The Morgan fingerprint density at radius 1 is 1.43 bits per heavy atom. The molecule has 0 bridgehead atoms. The largest absolute Gasteiger partial charge is 0.358 e. The van der Waals surface area contributed by atoms with E-state index in [2.05, 4.69) is 10.3 Å². The molecule has 7 nitrogen and oxygen atoms in total. The van der Waals surface area contributed by atoms with E-state index in [1.807, 2.05) is 4.90 Å². The van der Waals surface area contributed by atoms with E-state index in [9.17, 15) is 14.9 Å². The van der Waals surface area contributed by atoms with Crippen LogP contribution in [-0.4, -0.2) is 39.8 Å². The summed E-state index contributed by atoms with van der Waals surface area (Å²) in [6, 6.07) is 0.924. The summed E-state index contributed by atoms with van der Waals surface area (Å²) in [6.45, 7) is 4.96. The van der Waals surface area contributed by atoms with Crippen molar-refractivity contribution in [1.29, 1.82) is 0 Å². The highest BCUT2D eigenvalue weighted by molar-refractivity contribution is 5.84. The average molecular weight is 292 g/mol. The van der Waals surface area contributed by atoms with E-state index in [1.54, 1.807) is 13.8 Å². The van der Waals surface area contributed by atoms with E-state index in [0.29, 0.717) is 11.4 Å². The number of piperidine rings is 1. The molecule has 0 spiro atoms. The summed E-state index contributed by atoms with van der Waals surface area (Å²) < 4.78 is 0. The fourth-order valence-electron chi connectivity index (χ4n) is 2.46. The number of amides is 1. The molecule has 1 saturated heterocycles. The van der Waals surface area contributed by atoms with Gasteiger partial charge in [-0.1, -0.05) is 0 Å². The van der Waals surface area contributed by atoms with Crippen LogP contribution in [-0.2, 0) is 4.79 Å². The second kappa shape index (κ2) is 6.51. The molecule has 114 valence electrons. The van der Waals surface area contributed by atoms with Gasteiger partial charge in [0.05, 0.1) is 11.0 Å². The lowest BCUT2D eigenvalue weighted by atomic mass is 10.1. The van der Waals surface area contributed by atoms with Crippen LogP contribution < -0.4 is 5.32 Å². The number of pyridine rings is 1. The highest BCUT2D eigenvalue weighted by Crippen LogP contribution is 2.20. The lowest BCUT2D eigenvalue weighted by Gasteiger charge is -2.29. The summed E-state index contributed by atoms with van der Waals surface area (Å²) in [5.41, 5.74) is 0.505.